The van der Waals surface area contributed by atoms with E-state index in [4.69, 9.17) is 16.6 Å². The van der Waals surface area contributed by atoms with E-state index in [9.17, 15) is 0 Å². The summed E-state index contributed by atoms with van der Waals surface area (Å²) in [6.07, 6.45) is 0. The highest BCUT2D eigenvalue weighted by atomic mass is 35.5. The normalized spacial score (nSPS) is 11.0. The van der Waals surface area contributed by atoms with Crippen molar-refractivity contribution in [2.24, 2.45) is 0 Å². The van der Waals surface area contributed by atoms with Gasteiger partial charge in [0.25, 0.3) is 0 Å². The molecule has 0 aliphatic rings. The fourth-order valence-electron chi connectivity index (χ4n) is 2.59. The maximum Gasteiger partial charge on any atom is 0.172 e. The third-order valence-corrected chi connectivity index (χ3v) is 5.08. The molecular weight excluding hydrogens is 352 g/mol. The van der Waals surface area contributed by atoms with Crippen LogP contribution in [0.4, 0.5) is 5.82 Å². The van der Waals surface area contributed by atoms with Crippen LogP contribution >= 0.6 is 22.9 Å². The number of aryl methyl sites for hydroxylation is 1. The van der Waals surface area contributed by atoms with Gasteiger partial charge in [0, 0.05) is 10.9 Å². The summed E-state index contributed by atoms with van der Waals surface area (Å²) in [6.45, 7) is 2.65. The molecule has 0 atom stereocenters. The van der Waals surface area contributed by atoms with E-state index >= 15 is 0 Å². The molecule has 4 rings (SSSR count). The van der Waals surface area contributed by atoms with Gasteiger partial charge >= 0.3 is 0 Å². The smallest absolute Gasteiger partial charge is 0.172 e. The van der Waals surface area contributed by atoms with Crippen molar-refractivity contribution in [2.75, 3.05) is 5.32 Å². The van der Waals surface area contributed by atoms with Crippen molar-refractivity contribution in [3.63, 3.8) is 0 Å². The highest BCUT2D eigenvalue weighted by Crippen LogP contribution is 2.27. The van der Waals surface area contributed by atoms with Crippen molar-refractivity contribution >= 4 is 39.8 Å². The molecule has 0 unspecified atom stereocenters. The van der Waals surface area contributed by atoms with Crippen LogP contribution in [-0.2, 0) is 6.54 Å². The molecule has 2 aromatic carbocycles. The molecule has 0 aliphatic heterocycles. The van der Waals surface area contributed by atoms with Gasteiger partial charge in [0.05, 0.1) is 23.3 Å². The first-order valence-corrected chi connectivity index (χ1v) is 9.13. The van der Waals surface area contributed by atoms with E-state index in [1.807, 2.05) is 36.4 Å². The van der Waals surface area contributed by atoms with Crippen LogP contribution in [0.15, 0.2) is 53.9 Å². The first-order chi connectivity index (χ1) is 12.2. The summed E-state index contributed by atoms with van der Waals surface area (Å²) in [4.78, 5) is 13.6. The summed E-state index contributed by atoms with van der Waals surface area (Å²) in [5, 5.41) is 6.68. The number of anilines is 1. The second kappa shape index (κ2) is 6.78. The summed E-state index contributed by atoms with van der Waals surface area (Å²) in [5.74, 6) is 0.575. The quantitative estimate of drug-likeness (QED) is 0.530. The maximum atomic E-state index is 6.24. The van der Waals surface area contributed by atoms with Gasteiger partial charge in [-0.1, -0.05) is 48.0 Å². The van der Waals surface area contributed by atoms with Gasteiger partial charge in [0.2, 0.25) is 0 Å². The van der Waals surface area contributed by atoms with E-state index in [2.05, 4.69) is 39.7 Å². The number of benzene rings is 2. The van der Waals surface area contributed by atoms with Crippen LogP contribution in [0.25, 0.3) is 21.6 Å². The first kappa shape index (κ1) is 16.0. The third-order valence-electron chi connectivity index (χ3n) is 3.89. The number of hydrogen-bond donors (Lipinski definition) is 1. The first-order valence-electron chi connectivity index (χ1n) is 7.87. The number of hydrogen-bond acceptors (Lipinski definition) is 5. The van der Waals surface area contributed by atoms with Crippen LogP contribution < -0.4 is 5.32 Å². The van der Waals surface area contributed by atoms with Crippen molar-refractivity contribution in [3.05, 3.63) is 70.3 Å². The van der Waals surface area contributed by atoms with Gasteiger partial charge in [-0.2, -0.15) is 0 Å². The van der Waals surface area contributed by atoms with Crippen LogP contribution in [-0.4, -0.2) is 15.0 Å². The minimum atomic E-state index is 0.369. The van der Waals surface area contributed by atoms with E-state index in [1.54, 1.807) is 11.3 Å². The molecule has 0 bridgehead atoms. The molecule has 0 radical (unpaired) electrons. The van der Waals surface area contributed by atoms with Gasteiger partial charge in [0.1, 0.15) is 5.01 Å². The number of para-hydroxylation sites is 2. The molecule has 0 saturated heterocycles. The Bertz CT molecular complexity index is 1040. The van der Waals surface area contributed by atoms with E-state index in [-0.39, 0.29) is 0 Å². The zero-order chi connectivity index (χ0) is 17.2. The molecule has 1 N–H and O–H groups in total. The van der Waals surface area contributed by atoms with Crippen molar-refractivity contribution in [1.29, 1.82) is 0 Å². The molecule has 0 aliphatic carbocycles. The zero-order valence-electron chi connectivity index (χ0n) is 13.5. The van der Waals surface area contributed by atoms with Crippen LogP contribution in [0.1, 0.15) is 11.3 Å². The highest BCUT2D eigenvalue weighted by molar-refractivity contribution is 7.13. The lowest BCUT2D eigenvalue weighted by Crippen LogP contribution is -2.03. The van der Waals surface area contributed by atoms with Crippen LogP contribution in [0.3, 0.4) is 0 Å². The Hall–Kier alpha value is -2.50. The average molecular weight is 367 g/mol. The molecule has 2 aromatic heterocycles. The number of thiazole rings is 1. The Balaban J connectivity index is 1.54. The number of halogens is 1. The number of nitrogens with zero attached hydrogens (tertiary/aromatic N) is 3. The summed E-state index contributed by atoms with van der Waals surface area (Å²) in [7, 11) is 0. The topological polar surface area (TPSA) is 50.7 Å². The van der Waals surface area contributed by atoms with Gasteiger partial charge in [-0.15, -0.1) is 11.3 Å². The standard InChI is InChI=1S/C19H15ClN4S/c1-12-6-2-3-7-14(12)19-22-13(11-25-19)10-21-18-17(20)23-15-8-4-5-9-16(15)24-18/h2-9,11H,10H2,1H3,(H,21,24). The lowest BCUT2D eigenvalue weighted by atomic mass is 10.1. The molecule has 4 aromatic rings. The Morgan fingerprint density at radius 1 is 0.960 bits per heavy atom. The molecule has 25 heavy (non-hydrogen) atoms. The Morgan fingerprint density at radius 2 is 1.68 bits per heavy atom. The number of rotatable bonds is 4. The number of aromatic nitrogens is 3. The zero-order valence-corrected chi connectivity index (χ0v) is 15.1. The monoisotopic (exact) mass is 366 g/mol. The molecule has 6 heteroatoms. The van der Waals surface area contributed by atoms with Gasteiger partial charge in [0.15, 0.2) is 11.0 Å². The molecule has 2 heterocycles. The van der Waals surface area contributed by atoms with E-state index in [0.717, 1.165) is 21.7 Å². The average Bonchev–Trinajstić information content (AvgIpc) is 3.09. The number of nitrogens with one attached hydrogen (secondary N) is 1. The van der Waals surface area contributed by atoms with Crippen molar-refractivity contribution < 1.29 is 0 Å². The van der Waals surface area contributed by atoms with Gasteiger partial charge in [-0.25, -0.2) is 15.0 Å². The minimum absolute atomic E-state index is 0.369. The predicted molar refractivity (Wildman–Crippen MR) is 104 cm³/mol. The Morgan fingerprint density at radius 3 is 2.48 bits per heavy atom. The summed E-state index contributed by atoms with van der Waals surface area (Å²) < 4.78 is 0. The Kier molecular flexibility index (Phi) is 4.34. The Labute approximate surface area is 154 Å². The second-order valence-corrected chi connectivity index (χ2v) is 6.88. The van der Waals surface area contributed by atoms with Gasteiger partial charge < -0.3 is 5.32 Å². The van der Waals surface area contributed by atoms with Crippen LogP contribution in [0.2, 0.25) is 5.15 Å². The molecule has 124 valence electrons. The fourth-order valence-corrected chi connectivity index (χ4v) is 3.70. The lowest BCUT2D eigenvalue weighted by molar-refractivity contribution is 1.05. The van der Waals surface area contributed by atoms with Crippen molar-refractivity contribution in [3.8, 4) is 10.6 Å². The fraction of sp³-hybridized carbons (Fsp3) is 0.105. The predicted octanol–water partition coefficient (Wildman–Crippen LogP) is 5.33. The van der Waals surface area contributed by atoms with Gasteiger partial charge in [-0.3, -0.25) is 0 Å². The lowest BCUT2D eigenvalue weighted by Gasteiger charge is -2.07. The van der Waals surface area contributed by atoms with E-state index in [1.165, 1.54) is 11.1 Å². The van der Waals surface area contributed by atoms with Crippen LogP contribution in [0, 0.1) is 6.92 Å². The maximum absolute atomic E-state index is 6.24. The molecule has 0 amide bonds. The summed E-state index contributed by atoms with van der Waals surface area (Å²) in [6, 6.07) is 15.9. The SMILES string of the molecule is Cc1ccccc1-c1nc(CNc2nc3ccccc3nc2Cl)cs1. The summed E-state index contributed by atoms with van der Waals surface area (Å²) in [5.41, 5.74) is 4.94. The summed E-state index contributed by atoms with van der Waals surface area (Å²) >= 11 is 7.88. The molecule has 4 nitrogen and oxygen atoms in total. The molecule has 0 spiro atoms. The largest absolute Gasteiger partial charge is 0.362 e. The second-order valence-electron chi connectivity index (χ2n) is 5.66. The van der Waals surface area contributed by atoms with Crippen LogP contribution in [0.5, 0.6) is 0 Å². The highest BCUT2D eigenvalue weighted by Gasteiger charge is 2.09. The molecule has 0 fully saturated rings. The molecule has 0 saturated carbocycles. The van der Waals surface area contributed by atoms with Crippen molar-refractivity contribution in [1.82, 2.24) is 15.0 Å². The van der Waals surface area contributed by atoms with Crippen molar-refractivity contribution in [2.45, 2.75) is 13.5 Å². The van der Waals surface area contributed by atoms with Gasteiger partial charge in [-0.05, 0) is 24.6 Å². The third kappa shape index (κ3) is 3.34. The van der Waals surface area contributed by atoms with E-state index in [0.29, 0.717) is 17.5 Å². The number of fused-ring (bicyclic) bond motifs is 1. The van der Waals surface area contributed by atoms with E-state index < -0.39 is 0 Å². The molecular formula is C19H15ClN4S. The minimum Gasteiger partial charge on any atom is -0.362 e.